The third kappa shape index (κ3) is 5.64. The average Bonchev–Trinajstić information content (AvgIpc) is 2.87. The van der Waals surface area contributed by atoms with Crippen molar-refractivity contribution in [3.63, 3.8) is 0 Å². The van der Waals surface area contributed by atoms with Crippen LogP contribution in [0.1, 0.15) is 11.4 Å². The van der Waals surface area contributed by atoms with Gasteiger partial charge >= 0.3 is 0 Å². The van der Waals surface area contributed by atoms with Crippen molar-refractivity contribution in [1.29, 1.82) is 0 Å². The summed E-state index contributed by atoms with van der Waals surface area (Å²) in [6.07, 6.45) is 3.38. The first-order chi connectivity index (χ1) is 16.6. The Morgan fingerprint density at radius 2 is 1.65 bits per heavy atom. The van der Waals surface area contributed by atoms with Crippen LogP contribution in [0.4, 0.5) is 5.82 Å². The second-order valence-electron chi connectivity index (χ2n) is 7.79. The van der Waals surface area contributed by atoms with Gasteiger partial charge in [0.1, 0.15) is 17.4 Å². The lowest BCUT2D eigenvalue weighted by Gasteiger charge is -2.35. The molecule has 1 fully saturated rings. The SMILES string of the molecule is COc1ccc(/C=C/C(=O)N2CCN(c3cc(Oc4ccccc4)nc(C)n3)CC2)cc1OC. The number of carbonyl (C=O) groups excluding carboxylic acids is 1. The lowest BCUT2D eigenvalue weighted by atomic mass is 10.2. The highest BCUT2D eigenvalue weighted by Gasteiger charge is 2.21. The highest BCUT2D eigenvalue weighted by molar-refractivity contribution is 5.92. The van der Waals surface area contributed by atoms with E-state index in [0.29, 0.717) is 49.4 Å². The normalized spacial score (nSPS) is 13.7. The number of benzene rings is 2. The smallest absolute Gasteiger partial charge is 0.246 e. The fraction of sp³-hybridized carbons (Fsp3) is 0.269. The number of piperazine rings is 1. The number of ether oxygens (including phenoxy) is 3. The number of aryl methyl sites for hydroxylation is 1. The number of aromatic nitrogens is 2. The molecule has 3 aromatic rings. The zero-order valence-electron chi connectivity index (χ0n) is 19.6. The molecule has 1 amide bonds. The molecule has 4 rings (SSSR count). The summed E-state index contributed by atoms with van der Waals surface area (Å²) in [6, 6.07) is 16.9. The maximum Gasteiger partial charge on any atom is 0.246 e. The summed E-state index contributed by atoms with van der Waals surface area (Å²) in [5.74, 6) is 3.92. The lowest BCUT2D eigenvalue weighted by molar-refractivity contribution is -0.126. The molecule has 2 aromatic carbocycles. The molecule has 34 heavy (non-hydrogen) atoms. The zero-order valence-corrected chi connectivity index (χ0v) is 19.6. The van der Waals surface area contributed by atoms with Crippen molar-refractivity contribution in [1.82, 2.24) is 14.9 Å². The zero-order chi connectivity index (χ0) is 23.9. The van der Waals surface area contributed by atoms with E-state index in [1.54, 1.807) is 26.4 Å². The van der Waals surface area contributed by atoms with Crippen LogP contribution < -0.4 is 19.1 Å². The van der Waals surface area contributed by atoms with Crippen molar-refractivity contribution in [2.75, 3.05) is 45.3 Å². The van der Waals surface area contributed by atoms with Crippen LogP contribution in [0.25, 0.3) is 6.08 Å². The Morgan fingerprint density at radius 3 is 2.35 bits per heavy atom. The van der Waals surface area contributed by atoms with E-state index in [-0.39, 0.29) is 5.91 Å². The molecule has 0 bridgehead atoms. The summed E-state index contributed by atoms with van der Waals surface area (Å²) >= 11 is 0. The molecule has 8 nitrogen and oxygen atoms in total. The predicted molar refractivity (Wildman–Crippen MR) is 131 cm³/mol. The van der Waals surface area contributed by atoms with Gasteiger partial charge < -0.3 is 24.0 Å². The minimum atomic E-state index is -0.0265. The number of carbonyl (C=O) groups is 1. The van der Waals surface area contributed by atoms with Crippen molar-refractivity contribution >= 4 is 17.8 Å². The molecule has 0 aliphatic carbocycles. The topological polar surface area (TPSA) is 77.0 Å². The Kier molecular flexibility index (Phi) is 7.27. The molecule has 176 valence electrons. The summed E-state index contributed by atoms with van der Waals surface area (Å²) in [6.45, 7) is 4.41. The van der Waals surface area contributed by atoms with Crippen LogP contribution in [0.3, 0.4) is 0 Å². The van der Waals surface area contributed by atoms with E-state index in [9.17, 15) is 4.79 Å². The number of amides is 1. The fourth-order valence-electron chi connectivity index (χ4n) is 3.73. The molecule has 0 atom stereocenters. The van der Waals surface area contributed by atoms with Crippen LogP contribution in [-0.2, 0) is 4.79 Å². The number of rotatable bonds is 7. The van der Waals surface area contributed by atoms with E-state index in [1.165, 1.54) is 0 Å². The number of methoxy groups -OCH3 is 2. The number of hydrogen-bond donors (Lipinski definition) is 0. The van der Waals surface area contributed by atoms with Crippen molar-refractivity contribution in [3.8, 4) is 23.1 Å². The standard InChI is InChI=1S/C26H28N4O4/c1-19-27-24(18-25(28-19)34-21-7-5-4-6-8-21)29-13-15-30(16-14-29)26(31)12-10-20-9-11-22(32-2)23(17-20)33-3/h4-12,17-18H,13-16H2,1-3H3/b12-10+. The maximum atomic E-state index is 12.7. The third-order valence-electron chi connectivity index (χ3n) is 5.51. The molecule has 1 saturated heterocycles. The predicted octanol–water partition coefficient (Wildman–Crippen LogP) is 3.96. The first-order valence-electron chi connectivity index (χ1n) is 11.1. The molecule has 0 unspecified atom stereocenters. The Morgan fingerprint density at radius 1 is 0.912 bits per heavy atom. The third-order valence-corrected chi connectivity index (χ3v) is 5.51. The van der Waals surface area contributed by atoms with Gasteiger partial charge in [-0.2, -0.15) is 4.98 Å². The first kappa shape index (κ1) is 23.1. The van der Waals surface area contributed by atoms with Gasteiger partial charge in [0.25, 0.3) is 0 Å². The molecule has 0 radical (unpaired) electrons. The summed E-state index contributed by atoms with van der Waals surface area (Å²) in [4.78, 5) is 25.7. The van der Waals surface area contributed by atoms with Crippen molar-refractivity contribution in [2.45, 2.75) is 6.92 Å². The Labute approximate surface area is 199 Å². The largest absolute Gasteiger partial charge is 0.493 e. The quantitative estimate of drug-likeness (QED) is 0.494. The van der Waals surface area contributed by atoms with Gasteiger partial charge in [-0.25, -0.2) is 4.98 Å². The minimum absolute atomic E-state index is 0.0265. The van der Waals surface area contributed by atoms with Crippen LogP contribution in [0.2, 0.25) is 0 Å². The van der Waals surface area contributed by atoms with Gasteiger partial charge in [0, 0.05) is 38.3 Å². The molecule has 8 heteroatoms. The number of para-hydroxylation sites is 1. The molecule has 0 saturated carbocycles. The Bertz CT molecular complexity index is 1160. The highest BCUT2D eigenvalue weighted by atomic mass is 16.5. The van der Waals surface area contributed by atoms with E-state index in [1.807, 2.05) is 66.4 Å². The lowest BCUT2D eigenvalue weighted by Crippen LogP contribution is -2.48. The van der Waals surface area contributed by atoms with Crippen molar-refractivity contribution in [2.24, 2.45) is 0 Å². The van der Waals surface area contributed by atoms with Gasteiger partial charge in [-0.15, -0.1) is 0 Å². The molecule has 1 aliphatic heterocycles. The number of anilines is 1. The molecule has 0 N–H and O–H groups in total. The first-order valence-corrected chi connectivity index (χ1v) is 11.1. The second-order valence-corrected chi connectivity index (χ2v) is 7.79. The average molecular weight is 461 g/mol. The van der Waals surface area contributed by atoms with E-state index in [0.717, 1.165) is 17.1 Å². The fourth-order valence-corrected chi connectivity index (χ4v) is 3.73. The van der Waals surface area contributed by atoms with E-state index < -0.39 is 0 Å². The molecule has 1 aliphatic rings. The van der Waals surface area contributed by atoms with Crippen LogP contribution in [0, 0.1) is 6.92 Å². The van der Waals surface area contributed by atoms with Gasteiger partial charge in [-0.05, 0) is 42.8 Å². The Balaban J connectivity index is 1.36. The van der Waals surface area contributed by atoms with Crippen molar-refractivity contribution in [3.05, 3.63) is 72.1 Å². The summed E-state index contributed by atoms with van der Waals surface area (Å²) in [5.41, 5.74) is 0.868. The molecule has 0 spiro atoms. The molecule has 1 aromatic heterocycles. The van der Waals surface area contributed by atoms with Gasteiger partial charge in [0.2, 0.25) is 11.8 Å². The van der Waals surface area contributed by atoms with Gasteiger partial charge in [-0.3, -0.25) is 4.79 Å². The van der Waals surface area contributed by atoms with Gasteiger partial charge in [0.05, 0.1) is 14.2 Å². The van der Waals surface area contributed by atoms with Crippen LogP contribution >= 0.6 is 0 Å². The van der Waals surface area contributed by atoms with E-state index in [4.69, 9.17) is 14.2 Å². The number of hydrogen-bond acceptors (Lipinski definition) is 7. The van der Waals surface area contributed by atoms with Crippen LogP contribution in [0.15, 0.2) is 60.7 Å². The number of nitrogens with zero attached hydrogens (tertiary/aromatic N) is 4. The molecular weight excluding hydrogens is 432 g/mol. The highest BCUT2D eigenvalue weighted by Crippen LogP contribution is 2.28. The second kappa shape index (κ2) is 10.7. The minimum Gasteiger partial charge on any atom is -0.493 e. The molecular formula is C26H28N4O4. The van der Waals surface area contributed by atoms with Crippen LogP contribution in [0.5, 0.6) is 23.1 Å². The van der Waals surface area contributed by atoms with Crippen molar-refractivity contribution < 1.29 is 19.0 Å². The summed E-state index contributed by atoms with van der Waals surface area (Å²) in [5, 5.41) is 0. The van der Waals surface area contributed by atoms with Gasteiger partial charge in [0.15, 0.2) is 11.5 Å². The van der Waals surface area contributed by atoms with E-state index in [2.05, 4.69) is 14.9 Å². The van der Waals surface area contributed by atoms with Crippen LogP contribution in [-0.4, -0.2) is 61.2 Å². The summed E-state index contributed by atoms with van der Waals surface area (Å²) < 4.78 is 16.5. The maximum absolute atomic E-state index is 12.7. The van der Waals surface area contributed by atoms with E-state index >= 15 is 0 Å². The molecule has 2 heterocycles. The Hall–Kier alpha value is -4.07. The van der Waals surface area contributed by atoms with Gasteiger partial charge in [-0.1, -0.05) is 24.3 Å². The summed E-state index contributed by atoms with van der Waals surface area (Å²) in [7, 11) is 3.18. The monoisotopic (exact) mass is 460 g/mol.